The molecule has 0 bridgehead atoms. The highest BCUT2D eigenvalue weighted by molar-refractivity contribution is 5.70. The van der Waals surface area contributed by atoms with Crippen molar-refractivity contribution in [1.29, 1.82) is 0 Å². The first kappa shape index (κ1) is 19.7. The van der Waals surface area contributed by atoms with Crippen LogP contribution in [-0.4, -0.2) is 54.7 Å². The molecule has 1 saturated heterocycles. The first-order chi connectivity index (χ1) is 14.0. The smallest absolute Gasteiger partial charge is 0.409 e. The predicted molar refractivity (Wildman–Crippen MR) is 107 cm³/mol. The van der Waals surface area contributed by atoms with Crippen molar-refractivity contribution in [2.45, 2.75) is 38.8 Å². The van der Waals surface area contributed by atoms with Gasteiger partial charge in [0.25, 0.3) is 0 Å². The maximum absolute atomic E-state index is 14.2. The largest absolute Gasteiger partial charge is 0.453 e. The van der Waals surface area contributed by atoms with Crippen molar-refractivity contribution in [3.63, 3.8) is 0 Å². The molecule has 1 aromatic carbocycles. The minimum absolute atomic E-state index is 0.247. The van der Waals surface area contributed by atoms with Crippen molar-refractivity contribution in [2.24, 2.45) is 0 Å². The molecule has 2 aliphatic heterocycles. The van der Waals surface area contributed by atoms with Crippen LogP contribution in [0.3, 0.4) is 0 Å². The molecule has 0 spiro atoms. The Balaban J connectivity index is 1.74. The number of carbonyl (C=O) groups excluding carboxylic acids is 1. The number of anilines is 2. The second kappa shape index (κ2) is 8.02. The minimum atomic E-state index is -0.343. The normalized spacial score (nSPS) is 17.2. The number of hydrogen-bond acceptors (Lipinski definition) is 5. The first-order valence-corrected chi connectivity index (χ1v) is 10.0. The second-order valence-electron chi connectivity index (χ2n) is 7.67. The SMILES string of the molecule is COC(=O)N1CCc2c(c(N(C)c3ccc(C)c(F)c3)nn2C2CCOCC2)C1. The fraction of sp³-hybridized carbons (Fsp3) is 0.524. The summed E-state index contributed by atoms with van der Waals surface area (Å²) in [5.41, 5.74) is 3.47. The van der Waals surface area contributed by atoms with Crippen LogP contribution in [0.2, 0.25) is 0 Å². The van der Waals surface area contributed by atoms with Gasteiger partial charge in [-0.25, -0.2) is 9.18 Å². The van der Waals surface area contributed by atoms with Gasteiger partial charge in [-0.05, 0) is 37.5 Å². The van der Waals surface area contributed by atoms with Gasteiger partial charge < -0.3 is 19.3 Å². The van der Waals surface area contributed by atoms with Gasteiger partial charge in [-0.15, -0.1) is 0 Å². The molecule has 1 aromatic heterocycles. The Bertz CT molecular complexity index is 908. The van der Waals surface area contributed by atoms with Crippen molar-refractivity contribution in [3.05, 3.63) is 40.8 Å². The van der Waals surface area contributed by atoms with Gasteiger partial charge in [-0.3, -0.25) is 4.68 Å². The quantitative estimate of drug-likeness (QED) is 0.786. The number of ether oxygens (including phenoxy) is 2. The van der Waals surface area contributed by atoms with Gasteiger partial charge in [0.15, 0.2) is 5.82 Å². The number of rotatable bonds is 3. The van der Waals surface area contributed by atoms with Gasteiger partial charge in [0.05, 0.1) is 19.7 Å². The van der Waals surface area contributed by atoms with E-state index in [1.54, 1.807) is 17.9 Å². The number of methoxy groups -OCH3 is 1. The number of fused-ring (bicyclic) bond motifs is 1. The van der Waals surface area contributed by atoms with Gasteiger partial charge in [0.1, 0.15) is 5.82 Å². The molecule has 156 valence electrons. The van der Waals surface area contributed by atoms with E-state index in [4.69, 9.17) is 14.6 Å². The molecule has 8 heteroatoms. The number of aryl methyl sites for hydroxylation is 1. The van der Waals surface area contributed by atoms with Crippen molar-refractivity contribution < 1.29 is 18.7 Å². The maximum Gasteiger partial charge on any atom is 0.409 e. The average Bonchev–Trinajstić information content (AvgIpc) is 3.14. The van der Waals surface area contributed by atoms with Crippen LogP contribution in [-0.2, 0) is 22.4 Å². The summed E-state index contributed by atoms with van der Waals surface area (Å²) >= 11 is 0. The van der Waals surface area contributed by atoms with E-state index in [1.165, 1.54) is 13.2 Å². The molecule has 29 heavy (non-hydrogen) atoms. The standard InChI is InChI=1S/C21H27FN4O3/c1-14-4-5-16(12-18(14)22)24(2)20-17-13-25(21(27)28-3)9-6-19(17)26(23-20)15-7-10-29-11-8-15/h4-5,12,15H,6-11,13H2,1-3H3. The molecule has 0 radical (unpaired) electrons. The van der Waals surface area contributed by atoms with Gasteiger partial charge in [0, 0.05) is 50.2 Å². The van der Waals surface area contributed by atoms with Crippen molar-refractivity contribution in [2.75, 3.05) is 38.8 Å². The van der Waals surface area contributed by atoms with E-state index < -0.39 is 0 Å². The third-order valence-electron chi connectivity index (χ3n) is 5.89. The molecular formula is C21H27FN4O3. The summed E-state index contributed by atoms with van der Waals surface area (Å²) in [7, 11) is 3.28. The fourth-order valence-electron chi connectivity index (χ4n) is 4.13. The molecule has 0 atom stereocenters. The van der Waals surface area contributed by atoms with E-state index in [0.717, 1.165) is 48.8 Å². The van der Waals surface area contributed by atoms with Crippen molar-refractivity contribution >= 4 is 17.6 Å². The van der Waals surface area contributed by atoms with E-state index in [-0.39, 0.29) is 18.0 Å². The van der Waals surface area contributed by atoms with Crippen LogP contribution in [0.15, 0.2) is 18.2 Å². The van der Waals surface area contributed by atoms with Crippen LogP contribution in [0, 0.1) is 12.7 Å². The van der Waals surface area contributed by atoms with Crippen molar-refractivity contribution in [3.8, 4) is 0 Å². The molecule has 0 aliphatic carbocycles. The molecular weight excluding hydrogens is 375 g/mol. The molecule has 0 unspecified atom stereocenters. The molecule has 4 rings (SSSR count). The van der Waals surface area contributed by atoms with Crippen LogP contribution in [0.5, 0.6) is 0 Å². The molecule has 2 aromatic rings. The number of nitrogens with zero attached hydrogens (tertiary/aromatic N) is 4. The Labute approximate surface area is 170 Å². The molecule has 3 heterocycles. The zero-order valence-corrected chi connectivity index (χ0v) is 17.2. The van der Waals surface area contributed by atoms with Gasteiger partial charge in [-0.2, -0.15) is 5.10 Å². The Morgan fingerprint density at radius 2 is 2.10 bits per heavy atom. The van der Waals surface area contributed by atoms with Crippen molar-refractivity contribution in [1.82, 2.24) is 14.7 Å². The monoisotopic (exact) mass is 402 g/mol. The number of carbonyl (C=O) groups is 1. The van der Waals surface area contributed by atoms with E-state index in [0.29, 0.717) is 25.1 Å². The van der Waals surface area contributed by atoms with Crippen LogP contribution in [0.25, 0.3) is 0 Å². The number of benzene rings is 1. The lowest BCUT2D eigenvalue weighted by atomic mass is 10.0. The van der Waals surface area contributed by atoms with E-state index >= 15 is 0 Å². The summed E-state index contributed by atoms with van der Waals surface area (Å²) in [6.07, 6.45) is 2.20. The minimum Gasteiger partial charge on any atom is -0.453 e. The molecule has 1 amide bonds. The maximum atomic E-state index is 14.2. The highest BCUT2D eigenvalue weighted by Gasteiger charge is 2.32. The summed E-state index contributed by atoms with van der Waals surface area (Å²) in [6.45, 7) is 4.22. The number of aromatic nitrogens is 2. The highest BCUT2D eigenvalue weighted by atomic mass is 19.1. The van der Waals surface area contributed by atoms with Gasteiger partial charge in [0.2, 0.25) is 0 Å². The Morgan fingerprint density at radius 3 is 2.79 bits per heavy atom. The summed E-state index contributed by atoms with van der Waals surface area (Å²) < 4.78 is 26.7. The summed E-state index contributed by atoms with van der Waals surface area (Å²) in [5.74, 6) is 0.506. The Morgan fingerprint density at radius 1 is 1.34 bits per heavy atom. The predicted octanol–water partition coefficient (Wildman–Crippen LogP) is 3.57. The van der Waals surface area contributed by atoms with Crippen LogP contribution >= 0.6 is 0 Å². The number of amides is 1. The zero-order chi connectivity index (χ0) is 20.5. The Kier molecular flexibility index (Phi) is 5.45. The molecule has 7 nitrogen and oxygen atoms in total. The van der Waals surface area contributed by atoms with Crippen LogP contribution < -0.4 is 4.90 Å². The van der Waals surface area contributed by atoms with E-state index in [1.807, 2.05) is 18.0 Å². The van der Waals surface area contributed by atoms with Crippen LogP contribution in [0.1, 0.15) is 35.7 Å². The molecule has 1 fully saturated rings. The molecule has 0 N–H and O–H groups in total. The third-order valence-corrected chi connectivity index (χ3v) is 5.89. The summed E-state index contributed by atoms with van der Waals surface area (Å²) in [6, 6.07) is 5.46. The number of halogens is 1. The first-order valence-electron chi connectivity index (χ1n) is 10.0. The molecule has 0 saturated carbocycles. The lowest BCUT2D eigenvalue weighted by Gasteiger charge is -2.29. The molecule has 2 aliphatic rings. The lowest BCUT2D eigenvalue weighted by molar-refractivity contribution is 0.0649. The third kappa shape index (κ3) is 3.69. The van der Waals surface area contributed by atoms with Gasteiger partial charge >= 0.3 is 6.09 Å². The topological polar surface area (TPSA) is 59.8 Å². The van der Waals surface area contributed by atoms with E-state index in [2.05, 4.69) is 4.68 Å². The van der Waals surface area contributed by atoms with E-state index in [9.17, 15) is 9.18 Å². The van der Waals surface area contributed by atoms with Crippen LogP contribution in [0.4, 0.5) is 20.7 Å². The zero-order valence-electron chi connectivity index (χ0n) is 17.2. The summed E-state index contributed by atoms with van der Waals surface area (Å²) in [5, 5.41) is 4.95. The highest BCUT2D eigenvalue weighted by Crippen LogP contribution is 2.36. The lowest BCUT2D eigenvalue weighted by Crippen LogP contribution is -2.37. The average molecular weight is 402 g/mol. The number of hydrogen-bond donors (Lipinski definition) is 0. The second-order valence-corrected chi connectivity index (χ2v) is 7.67. The fourth-order valence-corrected chi connectivity index (χ4v) is 4.13. The van der Waals surface area contributed by atoms with Gasteiger partial charge in [-0.1, -0.05) is 6.07 Å². The summed E-state index contributed by atoms with van der Waals surface area (Å²) in [4.78, 5) is 15.7. The Hall–Kier alpha value is -2.61.